The molecule has 0 bridgehead atoms. The first-order chi connectivity index (χ1) is 8.33. The molecule has 0 radical (unpaired) electrons. The molecular weight excluding hydrogens is 214 g/mol. The van der Waals surface area contributed by atoms with Gasteiger partial charge in [0, 0.05) is 23.6 Å². The van der Waals surface area contributed by atoms with Crippen molar-refractivity contribution in [2.45, 2.75) is 26.2 Å². The first-order valence-corrected chi connectivity index (χ1v) is 6.16. The Morgan fingerprint density at radius 2 is 2.00 bits per heavy atom. The highest BCUT2D eigenvalue weighted by atomic mass is 16.7. The smallest absolute Gasteiger partial charge is 0.184 e. The molecule has 1 aromatic rings. The molecule has 0 spiro atoms. The van der Waals surface area contributed by atoms with Gasteiger partial charge in [-0.05, 0) is 13.3 Å². The maximum atomic E-state index is 5.72. The fourth-order valence-corrected chi connectivity index (χ4v) is 1.94. The third-order valence-electron chi connectivity index (χ3n) is 3.02. The van der Waals surface area contributed by atoms with Crippen LogP contribution in [0.2, 0.25) is 0 Å². The van der Waals surface area contributed by atoms with Crippen molar-refractivity contribution in [2.24, 2.45) is 5.92 Å². The van der Waals surface area contributed by atoms with Crippen LogP contribution in [0.4, 0.5) is 0 Å². The minimum absolute atomic E-state index is 0.206. The SMILES string of the molecule is C=CCC1COC(c2cc[n+](CC)cc2)OC1. The van der Waals surface area contributed by atoms with Gasteiger partial charge in [-0.2, -0.15) is 0 Å². The van der Waals surface area contributed by atoms with Crippen LogP contribution in [0.25, 0.3) is 0 Å². The molecule has 2 heterocycles. The molecule has 3 nitrogen and oxygen atoms in total. The summed E-state index contributed by atoms with van der Waals surface area (Å²) < 4.78 is 13.6. The van der Waals surface area contributed by atoms with Crippen molar-refractivity contribution in [1.82, 2.24) is 0 Å². The van der Waals surface area contributed by atoms with E-state index >= 15 is 0 Å². The number of ether oxygens (including phenoxy) is 2. The summed E-state index contributed by atoms with van der Waals surface area (Å²) in [7, 11) is 0. The summed E-state index contributed by atoms with van der Waals surface area (Å²) in [6, 6.07) is 4.12. The fraction of sp³-hybridized carbons (Fsp3) is 0.500. The van der Waals surface area contributed by atoms with Crippen LogP contribution in [0.15, 0.2) is 37.2 Å². The molecule has 1 aliphatic rings. The summed E-state index contributed by atoms with van der Waals surface area (Å²) >= 11 is 0. The van der Waals surface area contributed by atoms with Crippen LogP contribution in [-0.4, -0.2) is 13.2 Å². The zero-order valence-electron chi connectivity index (χ0n) is 10.3. The summed E-state index contributed by atoms with van der Waals surface area (Å²) in [4.78, 5) is 0. The molecule has 0 aliphatic carbocycles. The van der Waals surface area contributed by atoms with Gasteiger partial charge in [-0.25, -0.2) is 4.57 Å². The lowest BCUT2D eigenvalue weighted by molar-refractivity contribution is -0.693. The maximum absolute atomic E-state index is 5.72. The third kappa shape index (κ3) is 3.14. The molecule has 0 amide bonds. The Kier molecular flexibility index (Phi) is 4.29. The monoisotopic (exact) mass is 234 g/mol. The summed E-state index contributed by atoms with van der Waals surface area (Å²) in [5.41, 5.74) is 1.09. The molecule has 0 saturated carbocycles. The van der Waals surface area contributed by atoms with E-state index in [-0.39, 0.29) is 6.29 Å². The maximum Gasteiger partial charge on any atom is 0.184 e. The van der Waals surface area contributed by atoms with Gasteiger partial charge in [0.25, 0.3) is 0 Å². The Morgan fingerprint density at radius 3 is 2.53 bits per heavy atom. The Morgan fingerprint density at radius 1 is 1.35 bits per heavy atom. The number of hydrogen-bond acceptors (Lipinski definition) is 2. The van der Waals surface area contributed by atoms with Crippen LogP contribution in [0.1, 0.15) is 25.2 Å². The van der Waals surface area contributed by atoms with Crippen molar-refractivity contribution in [3.63, 3.8) is 0 Å². The molecule has 17 heavy (non-hydrogen) atoms. The first-order valence-electron chi connectivity index (χ1n) is 6.16. The van der Waals surface area contributed by atoms with E-state index in [1.54, 1.807) is 0 Å². The lowest BCUT2D eigenvalue weighted by atomic mass is 10.1. The number of aryl methyl sites for hydroxylation is 1. The third-order valence-corrected chi connectivity index (χ3v) is 3.02. The molecule has 0 unspecified atom stereocenters. The van der Waals surface area contributed by atoms with Gasteiger partial charge in [0.05, 0.1) is 13.2 Å². The van der Waals surface area contributed by atoms with E-state index in [2.05, 4.69) is 42.6 Å². The lowest BCUT2D eigenvalue weighted by Crippen LogP contribution is -2.32. The summed E-state index contributed by atoms with van der Waals surface area (Å²) in [5, 5.41) is 0. The van der Waals surface area contributed by atoms with Crippen LogP contribution in [0.3, 0.4) is 0 Å². The molecule has 1 fully saturated rings. The second kappa shape index (κ2) is 5.94. The van der Waals surface area contributed by atoms with Gasteiger partial charge in [-0.15, -0.1) is 6.58 Å². The van der Waals surface area contributed by atoms with Crippen LogP contribution in [0, 0.1) is 5.92 Å². The highest BCUT2D eigenvalue weighted by molar-refractivity contribution is 5.09. The van der Waals surface area contributed by atoms with Crippen molar-refractivity contribution in [3.05, 3.63) is 42.7 Å². The molecule has 1 aliphatic heterocycles. The molecule has 1 aromatic heterocycles. The topological polar surface area (TPSA) is 22.3 Å². The molecule has 0 aromatic carbocycles. The van der Waals surface area contributed by atoms with E-state index in [4.69, 9.17) is 9.47 Å². The molecule has 3 heteroatoms. The molecule has 0 atom stereocenters. The Balaban J connectivity index is 1.93. The van der Waals surface area contributed by atoms with Gasteiger partial charge < -0.3 is 9.47 Å². The van der Waals surface area contributed by atoms with Gasteiger partial charge in [-0.3, -0.25) is 0 Å². The average Bonchev–Trinajstić information content (AvgIpc) is 2.40. The van der Waals surface area contributed by atoms with Crippen molar-refractivity contribution < 1.29 is 14.0 Å². The second-order valence-electron chi connectivity index (χ2n) is 4.35. The number of aromatic nitrogens is 1. The van der Waals surface area contributed by atoms with Gasteiger partial charge in [0.15, 0.2) is 18.7 Å². The second-order valence-corrected chi connectivity index (χ2v) is 4.35. The summed E-state index contributed by atoms with van der Waals surface area (Å²) in [6.07, 6.45) is 6.78. The van der Waals surface area contributed by atoms with E-state index in [9.17, 15) is 0 Å². The quantitative estimate of drug-likeness (QED) is 0.589. The lowest BCUT2D eigenvalue weighted by Gasteiger charge is -2.28. The molecular formula is C14H20NO2+. The minimum atomic E-state index is -0.206. The van der Waals surface area contributed by atoms with Crippen LogP contribution in [-0.2, 0) is 16.0 Å². The van der Waals surface area contributed by atoms with E-state index < -0.39 is 0 Å². The van der Waals surface area contributed by atoms with E-state index in [1.165, 1.54) is 0 Å². The van der Waals surface area contributed by atoms with E-state index in [0.29, 0.717) is 5.92 Å². The van der Waals surface area contributed by atoms with Crippen molar-refractivity contribution in [2.75, 3.05) is 13.2 Å². The van der Waals surface area contributed by atoms with Crippen LogP contribution in [0.5, 0.6) is 0 Å². The fourth-order valence-electron chi connectivity index (χ4n) is 1.94. The minimum Gasteiger partial charge on any atom is -0.348 e. The number of pyridine rings is 1. The van der Waals surface area contributed by atoms with E-state index in [1.807, 2.05) is 6.08 Å². The normalized spacial score (nSPS) is 24.5. The molecule has 92 valence electrons. The molecule has 0 N–H and O–H groups in total. The summed E-state index contributed by atoms with van der Waals surface area (Å²) in [6.45, 7) is 8.33. The summed E-state index contributed by atoms with van der Waals surface area (Å²) in [5.74, 6) is 0.452. The van der Waals surface area contributed by atoms with Gasteiger partial charge in [0.1, 0.15) is 6.54 Å². The van der Waals surface area contributed by atoms with Gasteiger partial charge in [0.2, 0.25) is 0 Å². The zero-order valence-corrected chi connectivity index (χ0v) is 10.3. The average molecular weight is 234 g/mol. The van der Waals surface area contributed by atoms with Crippen molar-refractivity contribution >= 4 is 0 Å². The predicted octanol–water partition coefficient (Wildman–Crippen LogP) is 2.23. The highest BCUT2D eigenvalue weighted by Gasteiger charge is 2.23. The Labute approximate surface area is 103 Å². The van der Waals surface area contributed by atoms with Crippen molar-refractivity contribution in [1.29, 1.82) is 0 Å². The predicted molar refractivity (Wildman–Crippen MR) is 65.3 cm³/mol. The largest absolute Gasteiger partial charge is 0.348 e. The highest BCUT2D eigenvalue weighted by Crippen LogP contribution is 2.25. The number of hydrogen-bond donors (Lipinski definition) is 0. The van der Waals surface area contributed by atoms with Crippen LogP contribution >= 0.6 is 0 Å². The number of nitrogens with zero attached hydrogens (tertiary/aromatic N) is 1. The molecule has 1 saturated heterocycles. The van der Waals surface area contributed by atoms with Crippen molar-refractivity contribution in [3.8, 4) is 0 Å². The first kappa shape index (κ1) is 12.3. The standard InChI is InChI=1S/C14H20NO2/c1-3-5-12-10-16-14(17-11-12)13-6-8-15(4-2)9-7-13/h3,6-9,12,14H,1,4-5,10-11H2,2H3/q+1. The molecule has 2 rings (SSSR count). The van der Waals surface area contributed by atoms with Gasteiger partial charge >= 0.3 is 0 Å². The van der Waals surface area contributed by atoms with E-state index in [0.717, 1.165) is 31.7 Å². The van der Waals surface area contributed by atoms with Gasteiger partial charge in [-0.1, -0.05) is 6.08 Å². The number of allylic oxidation sites excluding steroid dienone is 1. The number of rotatable bonds is 4. The Bertz CT molecular complexity index is 353. The van der Waals surface area contributed by atoms with Crippen LogP contribution < -0.4 is 4.57 Å². The Hall–Kier alpha value is -1.19. The zero-order chi connectivity index (χ0) is 12.1.